The lowest BCUT2D eigenvalue weighted by molar-refractivity contribution is 0.116. The third-order valence-electron chi connectivity index (χ3n) is 3.98. The van der Waals surface area contributed by atoms with E-state index in [0.29, 0.717) is 6.61 Å². The highest BCUT2D eigenvalue weighted by Crippen LogP contribution is 2.49. The summed E-state index contributed by atoms with van der Waals surface area (Å²) < 4.78 is 27.8. The molecule has 0 aliphatic carbocycles. The molecule has 0 radical (unpaired) electrons. The molecule has 6 nitrogen and oxygen atoms in total. The summed E-state index contributed by atoms with van der Waals surface area (Å²) in [7, 11) is -3.49. The molecule has 0 saturated heterocycles. The first-order chi connectivity index (χ1) is 12.2. The van der Waals surface area contributed by atoms with Crippen LogP contribution in [0.25, 0.3) is 0 Å². The zero-order valence-corrected chi connectivity index (χ0v) is 17.2. The molecule has 0 heterocycles. The van der Waals surface area contributed by atoms with Gasteiger partial charge in [0.1, 0.15) is 0 Å². The highest BCUT2D eigenvalue weighted by atomic mass is 31.2. The van der Waals surface area contributed by atoms with E-state index in [1.165, 1.54) is 64.2 Å². The first-order valence-electron chi connectivity index (χ1n) is 10.1. The molecule has 152 valence electrons. The number of hydrogen-bond acceptors (Lipinski definition) is 6. The SMILES string of the molecule is CCCCCCCCCCCCCCOP(=O)(OCCN)OCCN. The van der Waals surface area contributed by atoms with Crippen LogP contribution in [0.1, 0.15) is 84.0 Å². The highest BCUT2D eigenvalue weighted by molar-refractivity contribution is 7.48. The van der Waals surface area contributed by atoms with Crippen molar-refractivity contribution < 1.29 is 18.1 Å². The van der Waals surface area contributed by atoms with Crippen LogP contribution < -0.4 is 11.5 Å². The van der Waals surface area contributed by atoms with Gasteiger partial charge in [0.25, 0.3) is 0 Å². The maximum absolute atomic E-state index is 12.3. The number of nitrogens with two attached hydrogens (primary N) is 2. The monoisotopic (exact) mass is 380 g/mol. The molecule has 0 aliphatic heterocycles. The summed E-state index contributed by atoms with van der Waals surface area (Å²) in [6.07, 6.45) is 15.3. The Labute approximate surface area is 155 Å². The van der Waals surface area contributed by atoms with E-state index < -0.39 is 7.82 Å². The summed E-state index contributed by atoms with van der Waals surface area (Å²) in [6, 6.07) is 0. The predicted molar refractivity (Wildman–Crippen MR) is 105 cm³/mol. The Hall–Kier alpha value is 0.0300. The van der Waals surface area contributed by atoms with Gasteiger partial charge in [-0.3, -0.25) is 13.6 Å². The average molecular weight is 381 g/mol. The third kappa shape index (κ3) is 17.2. The van der Waals surface area contributed by atoms with E-state index in [4.69, 9.17) is 25.0 Å². The second kappa shape index (κ2) is 18.8. The first-order valence-corrected chi connectivity index (χ1v) is 11.6. The average Bonchev–Trinajstić information content (AvgIpc) is 2.62. The highest BCUT2D eigenvalue weighted by Gasteiger charge is 2.25. The minimum atomic E-state index is -3.49. The van der Waals surface area contributed by atoms with Gasteiger partial charge in [-0.05, 0) is 6.42 Å². The Bertz CT molecular complexity index is 307. The Morgan fingerprint density at radius 1 is 0.600 bits per heavy atom. The van der Waals surface area contributed by atoms with Crippen LogP contribution in [-0.2, 0) is 18.1 Å². The number of hydrogen-bond donors (Lipinski definition) is 2. The van der Waals surface area contributed by atoms with Gasteiger partial charge >= 0.3 is 7.82 Å². The van der Waals surface area contributed by atoms with Crippen molar-refractivity contribution in [3.63, 3.8) is 0 Å². The third-order valence-corrected chi connectivity index (χ3v) is 5.48. The molecule has 0 fully saturated rings. The summed E-state index contributed by atoms with van der Waals surface area (Å²) in [5, 5.41) is 0. The second-order valence-electron chi connectivity index (χ2n) is 6.41. The van der Waals surface area contributed by atoms with Gasteiger partial charge in [-0.1, -0.05) is 77.6 Å². The molecule has 0 aliphatic rings. The molecule has 4 N–H and O–H groups in total. The maximum Gasteiger partial charge on any atom is 0.474 e. The van der Waals surface area contributed by atoms with Crippen molar-refractivity contribution >= 4 is 7.82 Å². The van der Waals surface area contributed by atoms with E-state index >= 15 is 0 Å². The van der Waals surface area contributed by atoms with E-state index in [9.17, 15) is 4.57 Å². The molecule has 0 aromatic rings. The smallest absolute Gasteiger partial charge is 0.328 e. The molecular weight excluding hydrogens is 339 g/mol. The molecule has 25 heavy (non-hydrogen) atoms. The van der Waals surface area contributed by atoms with Crippen LogP contribution in [0.15, 0.2) is 0 Å². The van der Waals surface area contributed by atoms with Gasteiger partial charge in [0.05, 0.1) is 19.8 Å². The van der Waals surface area contributed by atoms with Crippen molar-refractivity contribution in [2.45, 2.75) is 84.0 Å². The Morgan fingerprint density at radius 2 is 0.960 bits per heavy atom. The Kier molecular flexibility index (Phi) is 18.8. The van der Waals surface area contributed by atoms with Gasteiger partial charge in [-0.15, -0.1) is 0 Å². The van der Waals surface area contributed by atoms with E-state index in [2.05, 4.69) is 6.92 Å². The van der Waals surface area contributed by atoms with E-state index in [1.807, 2.05) is 0 Å². The molecule has 0 aromatic heterocycles. The number of rotatable bonds is 20. The molecule has 0 atom stereocenters. The van der Waals surface area contributed by atoms with E-state index in [1.54, 1.807) is 0 Å². The van der Waals surface area contributed by atoms with Gasteiger partial charge in [-0.25, -0.2) is 4.57 Å². The summed E-state index contributed by atoms with van der Waals surface area (Å²) in [5.74, 6) is 0. The lowest BCUT2D eigenvalue weighted by atomic mass is 10.1. The molecule has 0 bridgehead atoms. The summed E-state index contributed by atoms with van der Waals surface area (Å²) in [5.41, 5.74) is 10.7. The molecule has 0 aromatic carbocycles. The topological polar surface area (TPSA) is 96.8 Å². The van der Waals surface area contributed by atoms with Crippen molar-refractivity contribution in [3.05, 3.63) is 0 Å². The van der Waals surface area contributed by atoms with Gasteiger partial charge in [0.2, 0.25) is 0 Å². The molecule has 0 rings (SSSR count). The first kappa shape index (κ1) is 25.0. The fraction of sp³-hybridized carbons (Fsp3) is 1.00. The fourth-order valence-corrected chi connectivity index (χ4v) is 3.79. The van der Waals surface area contributed by atoms with E-state index in [-0.39, 0.29) is 26.3 Å². The minimum Gasteiger partial charge on any atom is -0.328 e. The summed E-state index contributed by atoms with van der Waals surface area (Å²) in [6.45, 7) is 3.49. The molecule has 0 unspecified atom stereocenters. The fourth-order valence-electron chi connectivity index (χ4n) is 2.56. The standard InChI is InChI=1S/C18H41N2O4P/c1-2-3-4-5-6-7-8-9-10-11-12-13-16-22-25(21,23-17-14-19)24-18-15-20/h2-20H2,1H3. The van der Waals surface area contributed by atoms with Gasteiger partial charge < -0.3 is 11.5 Å². The van der Waals surface area contributed by atoms with Crippen molar-refractivity contribution in [1.29, 1.82) is 0 Å². The molecule has 0 spiro atoms. The van der Waals surface area contributed by atoms with Gasteiger partial charge in [0.15, 0.2) is 0 Å². The van der Waals surface area contributed by atoms with Crippen LogP contribution in [0.5, 0.6) is 0 Å². The Balaban J connectivity index is 3.49. The Morgan fingerprint density at radius 3 is 1.36 bits per heavy atom. The van der Waals surface area contributed by atoms with Crippen LogP contribution >= 0.6 is 7.82 Å². The van der Waals surface area contributed by atoms with Crippen molar-refractivity contribution in [1.82, 2.24) is 0 Å². The molecular formula is C18H41N2O4P. The maximum atomic E-state index is 12.3. The largest absolute Gasteiger partial charge is 0.474 e. The lowest BCUT2D eigenvalue weighted by Gasteiger charge is -2.17. The summed E-state index contributed by atoms with van der Waals surface area (Å²) in [4.78, 5) is 0. The van der Waals surface area contributed by atoms with Crippen molar-refractivity contribution in [2.24, 2.45) is 11.5 Å². The second-order valence-corrected chi connectivity index (χ2v) is 8.08. The van der Waals surface area contributed by atoms with Crippen LogP contribution in [0.2, 0.25) is 0 Å². The molecule has 0 saturated carbocycles. The summed E-state index contributed by atoms with van der Waals surface area (Å²) >= 11 is 0. The molecule has 0 amide bonds. The minimum absolute atomic E-state index is 0.153. The van der Waals surface area contributed by atoms with E-state index in [0.717, 1.165) is 12.8 Å². The normalized spacial score (nSPS) is 12.0. The lowest BCUT2D eigenvalue weighted by Crippen LogP contribution is -2.13. The van der Waals surface area contributed by atoms with Gasteiger partial charge in [-0.2, -0.15) is 0 Å². The van der Waals surface area contributed by atoms with Crippen molar-refractivity contribution in [3.8, 4) is 0 Å². The zero-order valence-electron chi connectivity index (χ0n) is 16.3. The van der Waals surface area contributed by atoms with Gasteiger partial charge in [0, 0.05) is 13.1 Å². The number of phosphoric acid groups is 1. The van der Waals surface area contributed by atoms with Crippen LogP contribution in [-0.4, -0.2) is 32.9 Å². The van der Waals surface area contributed by atoms with Crippen molar-refractivity contribution in [2.75, 3.05) is 32.9 Å². The van der Waals surface area contributed by atoms with Crippen LogP contribution in [0.3, 0.4) is 0 Å². The quantitative estimate of drug-likeness (QED) is 0.233. The zero-order chi connectivity index (χ0) is 18.6. The predicted octanol–water partition coefficient (Wildman–Crippen LogP) is 4.76. The number of phosphoric ester groups is 1. The van der Waals surface area contributed by atoms with Crippen LogP contribution in [0.4, 0.5) is 0 Å². The van der Waals surface area contributed by atoms with Crippen LogP contribution in [0, 0.1) is 0 Å². The molecule has 7 heteroatoms. The number of unbranched alkanes of at least 4 members (excludes halogenated alkanes) is 11.